The number of ketones is 2. The summed E-state index contributed by atoms with van der Waals surface area (Å²) in [6.07, 6.45) is 5.93. The maximum absolute atomic E-state index is 13.4. The molecule has 28 heavy (non-hydrogen) atoms. The van der Waals surface area contributed by atoms with Crippen molar-refractivity contribution in [1.82, 2.24) is 9.55 Å². The van der Waals surface area contributed by atoms with Gasteiger partial charge in [-0.2, -0.15) is 0 Å². The second kappa shape index (κ2) is 7.52. The standard InChI is InChI=1S/C20H19ClN2O5/c1-5-6-20(21)18(24)16(17(19(20)25)23-8-7-22-11-23)15-13(27-3)9-12(26-2)10-14(15)28-4/h5,7-11H,1,6H2,2-4H3. The van der Waals surface area contributed by atoms with Crippen molar-refractivity contribution in [3.8, 4) is 17.2 Å². The lowest BCUT2D eigenvalue weighted by Crippen LogP contribution is -2.36. The Labute approximate surface area is 167 Å². The first-order valence-electron chi connectivity index (χ1n) is 8.35. The maximum Gasteiger partial charge on any atom is 0.209 e. The molecule has 1 aliphatic rings. The van der Waals surface area contributed by atoms with Crippen LogP contribution >= 0.6 is 11.6 Å². The Hall–Kier alpha value is -3.06. The van der Waals surface area contributed by atoms with E-state index in [4.69, 9.17) is 25.8 Å². The summed E-state index contributed by atoms with van der Waals surface area (Å²) in [5.41, 5.74) is 0.511. The fraction of sp³-hybridized carbons (Fsp3) is 0.250. The number of hydrogen-bond donors (Lipinski definition) is 0. The molecule has 0 amide bonds. The smallest absolute Gasteiger partial charge is 0.209 e. The van der Waals surface area contributed by atoms with E-state index < -0.39 is 16.4 Å². The van der Waals surface area contributed by atoms with Gasteiger partial charge in [-0.05, 0) is 6.42 Å². The van der Waals surface area contributed by atoms with Crippen LogP contribution in [0.3, 0.4) is 0 Å². The minimum absolute atomic E-state index is 0.0191. The third-order valence-corrected chi connectivity index (χ3v) is 5.05. The molecule has 0 saturated carbocycles. The van der Waals surface area contributed by atoms with Crippen molar-refractivity contribution in [2.45, 2.75) is 11.3 Å². The van der Waals surface area contributed by atoms with E-state index in [-0.39, 0.29) is 17.7 Å². The highest BCUT2D eigenvalue weighted by Gasteiger charge is 2.54. The van der Waals surface area contributed by atoms with Gasteiger partial charge in [-0.1, -0.05) is 6.08 Å². The van der Waals surface area contributed by atoms with Gasteiger partial charge in [-0.25, -0.2) is 4.98 Å². The lowest BCUT2D eigenvalue weighted by molar-refractivity contribution is -0.123. The molecule has 1 unspecified atom stereocenters. The number of aromatic nitrogens is 2. The maximum atomic E-state index is 13.4. The van der Waals surface area contributed by atoms with Crippen molar-refractivity contribution in [2.75, 3.05) is 21.3 Å². The third kappa shape index (κ3) is 2.88. The van der Waals surface area contributed by atoms with E-state index in [0.29, 0.717) is 22.8 Å². The first kappa shape index (κ1) is 19.7. The van der Waals surface area contributed by atoms with E-state index >= 15 is 0 Å². The van der Waals surface area contributed by atoms with Gasteiger partial charge in [0.25, 0.3) is 0 Å². The number of alkyl halides is 1. The highest BCUT2D eigenvalue weighted by atomic mass is 35.5. The molecule has 0 fully saturated rings. The molecule has 0 aliphatic heterocycles. The van der Waals surface area contributed by atoms with E-state index in [1.165, 1.54) is 44.5 Å². The normalized spacial score (nSPS) is 19.1. The molecule has 0 bridgehead atoms. The van der Waals surface area contributed by atoms with Gasteiger partial charge in [0.15, 0.2) is 10.7 Å². The van der Waals surface area contributed by atoms with Gasteiger partial charge in [0, 0.05) is 24.5 Å². The number of benzene rings is 1. The summed E-state index contributed by atoms with van der Waals surface area (Å²) in [6, 6.07) is 3.21. The van der Waals surface area contributed by atoms with Crippen LogP contribution in [0.1, 0.15) is 12.0 Å². The molecule has 1 atom stereocenters. The summed E-state index contributed by atoms with van der Waals surface area (Å²) in [5.74, 6) is 0.00715. The molecule has 3 rings (SSSR count). The zero-order chi connectivity index (χ0) is 20.5. The van der Waals surface area contributed by atoms with Crippen LogP contribution in [-0.4, -0.2) is 47.3 Å². The topological polar surface area (TPSA) is 79.7 Å². The van der Waals surface area contributed by atoms with Gasteiger partial charge in [-0.15, -0.1) is 18.2 Å². The molecule has 0 N–H and O–H groups in total. The van der Waals surface area contributed by atoms with Crippen molar-refractivity contribution < 1.29 is 23.8 Å². The minimum Gasteiger partial charge on any atom is -0.496 e. The zero-order valence-electron chi connectivity index (χ0n) is 15.7. The fourth-order valence-corrected chi connectivity index (χ4v) is 3.51. The molecule has 0 spiro atoms. The fourth-order valence-electron chi connectivity index (χ4n) is 3.22. The van der Waals surface area contributed by atoms with Gasteiger partial charge >= 0.3 is 0 Å². The summed E-state index contributed by atoms with van der Waals surface area (Å²) in [4.78, 5) is 28.8. The first-order valence-corrected chi connectivity index (χ1v) is 8.73. The van der Waals surface area contributed by atoms with Gasteiger partial charge in [0.05, 0.1) is 38.8 Å². The van der Waals surface area contributed by atoms with E-state index in [9.17, 15) is 9.59 Å². The Morgan fingerprint density at radius 1 is 1.14 bits per heavy atom. The number of methoxy groups -OCH3 is 3. The first-order chi connectivity index (χ1) is 13.4. The van der Waals surface area contributed by atoms with E-state index in [2.05, 4.69) is 11.6 Å². The average Bonchev–Trinajstić information content (AvgIpc) is 3.29. The van der Waals surface area contributed by atoms with Crippen LogP contribution in [0.5, 0.6) is 17.2 Å². The van der Waals surface area contributed by atoms with Crippen molar-refractivity contribution in [3.05, 3.63) is 49.1 Å². The Morgan fingerprint density at radius 3 is 2.25 bits per heavy atom. The molecule has 1 heterocycles. The van der Waals surface area contributed by atoms with Crippen molar-refractivity contribution in [2.24, 2.45) is 0 Å². The summed E-state index contributed by atoms with van der Waals surface area (Å²) in [6.45, 7) is 3.62. The molecule has 7 nitrogen and oxygen atoms in total. The number of carbonyl (C=O) groups is 2. The molecule has 1 aromatic carbocycles. The van der Waals surface area contributed by atoms with Gasteiger partial charge < -0.3 is 18.8 Å². The second-order valence-corrected chi connectivity index (χ2v) is 6.70. The molecular weight excluding hydrogens is 384 g/mol. The van der Waals surface area contributed by atoms with Crippen molar-refractivity contribution in [1.29, 1.82) is 0 Å². The number of carbonyl (C=O) groups excluding carboxylic acids is 2. The van der Waals surface area contributed by atoms with Gasteiger partial charge in [-0.3, -0.25) is 9.59 Å². The molecule has 2 aromatic rings. The van der Waals surface area contributed by atoms with Crippen molar-refractivity contribution in [3.63, 3.8) is 0 Å². The largest absolute Gasteiger partial charge is 0.496 e. The quantitative estimate of drug-likeness (QED) is 0.402. The number of rotatable bonds is 7. The molecule has 8 heteroatoms. The van der Waals surface area contributed by atoms with E-state index in [1.807, 2.05) is 0 Å². The van der Waals surface area contributed by atoms with Crippen LogP contribution in [0.25, 0.3) is 11.3 Å². The SMILES string of the molecule is C=CCC1(Cl)C(=O)C(c2c(OC)cc(OC)cc2OC)=C(n2ccnc2)C1=O. The summed E-state index contributed by atoms with van der Waals surface area (Å²) >= 11 is 6.53. The highest BCUT2D eigenvalue weighted by molar-refractivity contribution is 6.67. The van der Waals surface area contributed by atoms with E-state index in [0.717, 1.165) is 0 Å². The van der Waals surface area contributed by atoms with Crippen molar-refractivity contribution >= 4 is 34.4 Å². The predicted molar refractivity (Wildman–Crippen MR) is 105 cm³/mol. The number of nitrogens with zero attached hydrogens (tertiary/aromatic N) is 2. The third-order valence-electron chi connectivity index (χ3n) is 4.55. The predicted octanol–water partition coefficient (Wildman–Crippen LogP) is 2.98. The Bertz CT molecular complexity index is 955. The molecule has 146 valence electrons. The summed E-state index contributed by atoms with van der Waals surface area (Å²) in [7, 11) is 4.41. The van der Waals surface area contributed by atoms with E-state index in [1.54, 1.807) is 18.3 Å². The second-order valence-electron chi connectivity index (χ2n) is 6.05. The highest BCUT2D eigenvalue weighted by Crippen LogP contribution is 2.49. The summed E-state index contributed by atoms with van der Waals surface area (Å²) < 4.78 is 17.7. The van der Waals surface area contributed by atoms with Gasteiger partial charge in [0.2, 0.25) is 5.78 Å². The number of allylic oxidation sites excluding steroid dienone is 3. The summed E-state index contributed by atoms with van der Waals surface area (Å²) in [5, 5.41) is 0. The van der Waals surface area contributed by atoms with Crippen LogP contribution in [0.4, 0.5) is 0 Å². The molecule has 0 radical (unpaired) electrons. The monoisotopic (exact) mass is 402 g/mol. The Balaban J connectivity index is 2.38. The molecular formula is C20H19ClN2O5. The van der Waals surface area contributed by atoms with Crippen LogP contribution in [0.15, 0.2) is 43.5 Å². The zero-order valence-corrected chi connectivity index (χ0v) is 16.4. The molecule has 1 aliphatic carbocycles. The number of ether oxygens (including phenoxy) is 3. The van der Waals surface area contributed by atoms with Crippen LogP contribution in [-0.2, 0) is 9.59 Å². The Kier molecular flexibility index (Phi) is 5.29. The molecule has 0 saturated heterocycles. The number of imidazole rings is 1. The lowest BCUT2D eigenvalue weighted by atomic mass is 9.94. The average molecular weight is 403 g/mol. The van der Waals surface area contributed by atoms with Crippen LogP contribution < -0.4 is 14.2 Å². The van der Waals surface area contributed by atoms with Gasteiger partial charge in [0.1, 0.15) is 22.9 Å². The van der Waals surface area contributed by atoms with Crippen LogP contribution in [0, 0.1) is 0 Å². The minimum atomic E-state index is -1.79. The lowest BCUT2D eigenvalue weighted by Gasteiger charge is -2.18. The Morgan fingerprint density at radius 2 is 1.79 bits per heavy atom. The molecule has 1 aromatic heterocycles. The number of halogens is 1. The number of Topliss-reactive ketones (excluding diaryl/α,β-unsaturated/α-hetero) is 2. The number of hydrogen-bond acceptors (Lipinski definition) is 6. The van der Waals surface area contributed by atoms with Crippen LogP contribution in [0.2, 0.25) is 0 Å².